The molecule has 2 aliphatic heterocycles. The summed E-state index contributed by atoms with van der Waals surface area (Å²) in [6.45, 7) is 0.938. The highest BCUT2D eigenvalue weighted by molar-refractivity contribution is 5.78. The highest BCUT2D eigenvalue weighted by Gasteiger charge is 2.39. The number of hydrogen-bond donors (Lipinski definition) is 2. The normalized spacial score (nSPS) is 18.1. The van der Waals surface area contributed by atoms with E-state index in [1.807, 2.05) is 4.90 Å². The average Bonchev–Trinajstić information content (AvgIpc) is 3.26. The molecule has 0 unspecified atom stereocenters. The molecule has 2 atom stereocenters. The minimum Gasteiger partial charge on any atom is -0.475 e. The molecule has 2 aromatic heterocycles. The van der Waals surface area contributed by atoms with Crippen LogP contribution in [-0.2, 0) is 6.18 Å². The van der Waals surface area contributed by atoms with E-state index in [4.69, 9.17) is 9.84 Å². The molecule has 3 aromatic rings. The summed E-state index contributed by atoms with van der Waals surface area (Å²) in [7, 11) is 0. The number of aromatic nitrogens is 4. The van der Waals surface area contributed by atoms with Crippen LogP contribution >= 0.6 is 0 Å². The van der Waals surface area contributed by atoms with Gasteiger partial charge in [0.05, 0.1) is 30.1 Å². The maximum absolute atomic E-state index is 13.2. The van der Waals surface area contributed by atoms with E-state index in [9.17, 15) is 18.3 Å². The zero-order valence-electron chi connectivity index (χ0n) is 17.9. The van der Waals surface area contributed by atoms with Crippen molar-refractivity contribution in [2.24, 2.45) is 0 Å². The van der Waals surface area contributed by atoms with Crippen molar-refractivity contribution in [3.05, 3.63) is 48.4 Å². The molecule has 1 aromatic carbocycles. The van der Waals surface area contributed by atoms with Crippen LogP contribution in [0.25, 0.3) is 11.4 Å². The van der Waals surface area contributed by atoms with Crippen LogP contribution < -0.4 is 14.5 Å². The molecule has 0 radical (unpaired) electrons. The van der Waals surface area contributed by atoms with Gasteiger partial charge in [0.1, 0.15) is 24.9 Å². The molecule has 1 fully saturated rings. The predicted octanol–water partition coefficient (Wildman–Crippen LogP) is 2.41. The van der Waals surface area contributed by atoms with E-state index in [0.29, 0.717) is 11.6 Å². The first-order chi connectivity index (χ1) is 16.3. The predicted molar refractivity (Wildman–Crippen MR) is 116 cm³/mol. The molecule has 4 heterocycles. The highest BCUT2D eigenvalue weighted by atomic mass is 19.4. The maximum atomic E-state index is 13.2. The number of rotatable bonds is 6. The van der Waals surface area contributed by atoms with Gasteiger partial charge in [0.2, 0.25) is 5.88 Å². The number of anilines is 3. The van der Waals surface area contributed by atoms with Gasteiger partial charge in [0, 0.05) is 24.7 Å². The second-order valence-electron chi connectivity index (χ2n) is 8.10. The smallest absolute Gasteiger partial charge is 0.416 e. The van der Waals surface area contributed by atoms with Crippen molar-refractivity contribution < 1.29 is 28.1 Å². The third-order valence-electron chi connectivity index (χ3n) is 5.80. The van der Waals surface area contributed by atoms with Gasteiger partial charge in [-0.25, -0.2) is 19.9 Å². The zero-order chi connectivity index (χ0) is 23.9. The van der Waals surface area contributed by atoms with E-state index in [2.05, 4.69) is 24.8 Å². The van der Waals surface area contributed by atoms with Crippen LogP contribution in [0.4, 0.5) is 30.5 Å². The minimum absolute atomic E-state index is 0.0440. The first-order valence-corrected chi connectivity index (χ1v) is 10.7. The second-order valence-corrected chi connectivity index (χ2v) is 8.10. The Morgan fingerprint density at radius 3 is 2.82 bits per heavy atom. The lowest BCUT2D eigenvalue weighted by Crippen LogP contribution is -2.40. The molecule has 178 valence electrons. The topological polar surface area (TPSA) is 108 Å². The van der Waals surface area contributed by atoms with Crippen molar-refractivity contribution in [3.8, 4) is 17.3 Å². The molecule has 5 rings (SSSR count). The molecular formula is C22H21F3N6O3. The van der Waals surface area contributed by atoms with Gasteiger partial charge in [-0.1, -0.05) is 12.1 Å². The number of nitrogens with zero attached hydrogens (tertiary/aromatic N) is 6. The first kappa shape index (κ1) is 22.3. The summed E-state index contributed by atoms with van der Waals surface area (Å²) >= 11 is 0. The summed E-state index contributed by atoms with van der Waals surface area (Å²) in [5.41, 5.74) is 0.256. The Morgan fingerprint density at radius 2 is 2.03 bits per heavy atom. The van der Waals surface area contributed by atoms with Crippen LogP contribution in [0.2, 0.25) is 0 Å². The van der Waals surface area contributed by atoms with Crippen molar-refractivity contribution >= 4 is 17.3 Å². The van der Waals surface area contributed by atoms with Crippen molar-refractivity contribution in [2.75, 3.05) is 36.1 Å². The number of aliphatic hydroxyl groups is 2. The summed E-state index contributed by atoms with van der Waals surface area (Å²) in [6, 6.07) is 6.57. The van der Waals surface area contributed by atoms with Crippen molar-refractivity contribution in [1.82, 2.24) is 19.9 Å². The second kappa shape index (κ2) is 8.69. The van der Waals surface area contributed by atoms with E-state index in [-0.39, 0.29) is 29.9 Å². The molecule has 9 nitrogen and oxygen atoms in total. The Hall–Kier alpha value is -3.51. The molecule has 12 heteroatoms. The Balaban J connectivity index is 1.53. The summed E-state index contributed by atoms with van der Waals surface area (Å²) in [5, 5.41) is 18.5. The van der Waals surface area contributed by atoms with E-state index < -0.39 is 24.5 Å². The van der Waals surface area contributed by atoms with Crippen LogP contribution in [0.15, 0.2) is 42.9 Å². The fraction of sp³-hybridized carbons (Fsp3) is 0.364. The quantitative estimate of drug-likeness (QED) is 0.557. The molecule has 1 saturated heterocycles. The lowest BCUT2D eigenvalue weighted by Gasteiger charge is -2.36. The molecular weight excluding hydrogens is 453 g/mol. The van der Waals surface area contributed by atoms with Gasteiger partial charge >= 0.3 is 6.18 Å². The third kappa shape index (κ3) is 4.21. The van der Waals surface area contributed by atoms with Crippen LogP contribution in [0.5, 0.6) is 5.88 Å². The fourth-order valence-corrected chi connectivity index (χ4v) is 4.16. The van der Waals surface area contributed by atoms with Gasteiger partial charge in [-0.15, -0.1) is 0 Å². The number of fused-ring (bicyclic) bond motifs is 4. The van der Waals surface area contributed by atoms with Crippen LogP contribution in [0.1, 0.15) is 12.0 Å². The number of alkyl halides is 3. The van der Waals surface area contributed by atoms with E-state index in [1.165, 1.54) is 12.4 Å². The summed E-state index contributed by atoms with van der Waals surface area (Å²) in [5.74, 6) is 1.43. The van der Waals surface area contributed by atoms with E-state index in [1.54, 1.807) is 18.3 Å². The Bertz CT molecular complexity index is 1190. The van der Waals surface area contributed by atoms with E-state index >= 15 is 0 Å². The molecule has 0 amide bonds. The minimum atomic E-state index is -4.47. The van der Waals surface area contributed by atoms with Gasteiger partial charge in [-0.05, 0) is 18.6 Å². The Morgan fingerprint density at radius 1 is 1.18 bits per heavy atom. The average molecular weight is 474 g/mol. The lowest BCUT2D eigenvalue weighted by molar-refractivity contribution is -0.137. The molecule has 0 spiro atoms. The maximum Gasteiger partial charge on any atom is 0.416 e. The monoisotopic (exact) mass is 474 g/mol. The van der Waals surface area contributed by atoms with E-state index in [0.717, 1.165) is 37.3 Å². The third-order valence-corrected chi connectivity index (χ3v) is 5.80. The summed E-state index contributed by atoms with van der Waals surface area (Å²) in [6.07, 6.45) is -1.73. The molecule has 2 bridgehead atoms. The summed E-state index contributed by atoms with van der Waals surface area (Å²) < 4.78 is 45.1. The number of benzene rings is 1. The standard InChI is InChI=1S/C22H21F3N6O3/c23-22(24,25)14-3-1-2-13(6-14)20-26-8-17-21(29-20)31(15-4-5-30(17)9-15)18-7-19(28-12-27-18)34-11-16(33)10-32/h1-3,6-8,12,15-16,32-33H,4-5,9-11H2/t15-,16+/m0/s1. The summed E-state index contributed by atoms with van der Waals surface area (Å²) in [4.78, 5) is 21.5. The van der Waals surface area contributed by atoms with Crippen LogP contribution in [-0.4, -0.2) is 68.6 Å². The Labute approximate surface area is 192 Å². The van der Waals surface area contributed by atoms with Crippen molar-refractivity contribution in [2.45, 2.75) is 24.7 Å². The lowest BCUT2D eigenvalue weighted by atomic mass is 10.1. The van der Waals surface area contributed by atoms with Crippen LogP contribution in [0.3, 0.4) is 0 Å². The van der Waals surface area contributed by atoms with Gasteiger partial charge in [0.15, 0.2) is 11.6 Å². The molecule has 34 heavy (non-hydrogen) atoms. The van der Waals surface area contributed by atoms with Crippen molar-refractivity contribution in [1.29, 1.82) is 0 Å². The highest BCUT2D eigenvalue weighted by Crippen LogP contribution is 2.43. The number of hydrogen-bond acceptors (Lipinski definition) is 9. The number of ether oxygens (including phenoxy) is 1. The van der Waals surface area contributed by atoms with Gasteiger partial charge in [-0.2, -0.15) is 13.2 Å². The largest absolute Gasteiger partial charge is 0.475 e. The number of aliphatic hydroxyl groups excluding tert-OH is 2. The van der Waals surface area contributed by atoms with Crippen LogP contribution in [0, 0.1) is 0 Å². The van der Waals surface area contributed by atoms with Gasteiger partial charge in [-0.3, -0.25) is 0 Å². The zero-order valence-corrected chi connectivity index (χ0v) is 17.9. The SMILES string of the molecule is OC[C@@H](O)COc1cc(N2c3nc(-c4cccc(C(F)(F)F)c4)ncc3N3CC[C@H]2C3)ncn1. The molecule has 2 aliphatic rings. The molecule has 2 N–H and O–H groups in total. The van der Waals surface area contributed by atoms with Gasteiger partial charge < -0.3 is 24.7 Å². The fourth-order valence-electron chi connectivity index (χ4n) is 4.16. The van der Waals surface area contributed by atoms with Gasteiger partial charge in [0.25, 0.3) is 0 Å². The first-order valence-electron chi connectivity index (χ1n) is 10.7. The molecule has 0 aliphatic carbocycles. The number of halogens is 3. The van der Waals surface area contributed by atoms with Crippen molar-refractivity contribution in [3.63, 3.8) is 0 Å². The molecule has 0 saturated carbocycles. The Kier molecular flexibility index (Phi) is 5.70.